The van der Waals surface area contributed by atoms with Crippen molar-refractivity contribution in [2.75, 3.05) is 5.32 Å². The van der Waals surface area contributed by atoms with Gasteiger partial charge in [0.05, 0.1) is 0 Å². The molecule has 0 aliphatic carbocycles. The minimum atomic E-state index is -0.439. The van der Waals surface area contributed by atoms with E-state index in [2.05, 4.69) is 5.32 Å². The lowest BCUT2D eigenvalue weighted by Gasteiger charge is -2.08. The highest BCUT2D eigenvalue weighted by Gasteiger charge is 2.09. The number of hydrogen-bond donors (Lipinski definition) is 2. The van der Waals surface area contributed by atoms with Crippen molar-refractivity contribution < 1.29 is 14.3 Å². The largest absolute Gasteiger partial charge is 0.508 e. The summed E-state index contributed by atoms with van der Waals surface area (Å²) >= 11 is 7.40. The Bertz CT molecular complexity index is 1300. The van der Waals surface area contributed by atoms with Crippen LogP contribution in [0.4, 0.5) is 5.69 Å². The van der Waals surface area contributed by atoms with E-state index < -0.39 is 5.63 Å². The molecule has 5 nitrogen and oxygen atoms in total. The molecule has 0 saturated heterocycles. The summed E-state index contributed by atoms with van der Waals surface area (Å²) in [7, 11) is 0. The maximum atomic E-state index is 12.4. The lowest BCUT2D eigenvalue weighted by molar-refractivity contribution is 0.102. The summed E-state index contributed by atoms with van der Waals surface area (Å²) in [5.41, 5.74) is 1.54. The van der Waals surface area contributed by atoms with Crippen LogP contribution in [-0.4, -0.2) is 11.0 Å². The van der Waals surface area contributed by atoms with Crippen molar-refractivity contribution >= 4 is 45.9 Å². The highest BCUT2D eigenvalue weighted by molar-refractivity contribution is 7.98. The van der Waals surface area contributed by atoms with Gasteiger partial charge in [-0.3, -0.25) is 4.79 Å². The molecule has 4 aromatic rings. The number of carbonyl (C=O) groups is 1. The zero-order chi connectivity index (χ0) is 21.1. The van der Waals surface area contributed by atoms with E-state index in [4.69, 9.17) is 16.0 Å². The summed E-state index contributed by atoms with van der Waals surface area (Å²) in [6.45, 7) is 0. The summed E-state index contributed by atoms with van der Waals surface area (Å²) < 4.78 is 5.30. The number of anilines is 1. The maximum absolute atomic E-state index is 12.4. The van der Waals surface area contributed by atoms with E-state index in [1.165, 1.54) is 17.8 Å². The number of thioether (sulfide) groups is 1. The Morgan fingerprint density at radius 3 is 2.70 bits per heavy atom. The molecule has 4 rings (SSSR count). The smallest absolute Gasteiger partial charge is 0.340 e. The zero-order valence-corrected chi connectivity index (χ0v) is 17.2. The summed E-state index contributed by atoms with van der Waals surface area (Å²) in [5.74, 6) is 0.202. The second-order valence-corrected chi connectivity index (χ2v) is 8.05. The van der Waals surface area contributed by atoms with Crippen molar-refractivity contribution in [1.82, 2.24) is 0 Å². The third-order valence-corrected chi connectivity index (χ3v) is 5.64. The highest BCUT2D eigenvalue weighted by Crippen LogP contribution is 2.26. The number of hydrogen-bond acceptors (Lipinski definition) is 5. The molecule has 3 aromatic carbocycles. The van der Waals surface area contributed by atoms with E-state index >= 15 is 0 Å². The van der Waals surface area contributed by atoms with Gasteiger partial charge in [0.15, 0.2) is 0 Å². The van der Waals surface area contributed by atoms with Gasteiger partial charge in [0.25, 0.3) is 5.91 Å². The van der Waals surface area contributed by atoms with E-state index in [1.807, 2.05) is 18.2 Å². The van der Waals surface area contributed by atoms with Gasteiger partial charge in [-0.2, -0.15) is 0 Å². The Kier molecular flexibility index (Phi) is 5.79. The molecule has 2 N–H and O–H groups in total. The first-order valence-corrected chi connectivity index (χ1v) is 10.4. The molecule has 0 saturated carbocycles. The van der Waals surface area contributed by atoms with E-state index in [-0.39, 0.29) is 11.7 Å². The maximum Gasteiger partial charge on any atom is 0.340 e. The number of benzene rings is 3. The van der Waals surface area contributed by atoms with Crippen molar-refractivity contribution in [2.24, 2.45) is 0 Å². The van der Waals surface area contributed by atoms with Crippen LogP contribution in [-0.2, 0) is 5.75 Å². The molecule has 0 unspecified atom stereocenters. The van der Waals surface area contributed by atoms with Gasteiger partial charge in [-0.15, -0.1) is 11.8 Å². The van der Waals surface area contributed by atoms with Crippen LogP contribution in [0.5, 0.6) is 5.75 Å². The van der Waals surface area contributed by atoms with Gasteiger partial charge in [-0.05, 0) is 54.6 Å². The number of rotatable bonds is 5. The number of phenolic OH excluding ortho intramolecular Hbond substituents is 1. The van der Waals surface area contributed by atoms with Crippen molar-refractivity contribution in [3.8, 4) is 5.75 Å². The first-order chi connectivity index (χ1) is 14.5. The second kappa shape index (κ2) is 8.65. The lowest BCUT2D eigenvalue weighted by atomic mass is 10.2. The van der Waals surface area contributed by atoms with Crippen LogP contribution >= 0.6 is 23.4 Å². The lowest BCUT2D eigenvalue weighted by Crippen LogP contribution is -2.11. The van der Waals surface area contributed by atoms with Gasteiger partial charge in [-0.25, -0.2) is 4.79 Å². The molecule has 0 fully saturated rings. The van der Waals surface area contributed by atoms with Crippen molar-refractivity contribution in [2.45, 2.75) is 10.6 Å². The Hall–Kier alpha value is -3.22. The van der Waals surface area contributed by atoms with Crippen molar-refractivity contribution in [3.05, 3.63) is 99.4 Å². The van der Waals surface area contributed by atoms with Gasteiger partial charge >= 0.3 is 5.63 Å². The third kappa shape index (κ3) is 4.67. The zero-order valence-electron chi connectivity index (χ0n) is 15.6. The second-order valence-electron chi connectivity index (χ2n) is 6.56. The summed E-state index contributed by atoms with van der Waals surface area (Å²) in [5, 5.41) is 13.6. The first-order valence-electron chi connectivity index (χ1n) is 9.03. The average Bonchev–Trinajstić information content (AvgIpc) is 2.72. The first kappa shape index (κ1) is 20.1. The summed E-state index contributed by atoms with van der Waals surface area (Å²) in [6.07, 6.45) is 0. The fraction of sp³-hybridized carbons (Fsp3) is 0.0435. The molecule has 0 spiro atoms. The Balaban J connectivity index is 1.48. The molecule has 30 heavy (non-hydrogen) atoms. The molecule has 1 heterocycles. The van der Waals surface area contributed by atoms with Crippen molar-refractivity contribution in [1.29, 1.82) is 0 Å². The molecule has 1 aromatic heterocycles. The SMILES string of the molecule is O=C(Nc1cccc(SCc2cc3ccc(O)cc3oc2=O)c1)c1cccc(Cl)c1. The van der Waals surface area contributed by atoms with Crippen molar-refractivity contribution in [3.63, 3.8) is 0 Å². The normalized spacial score (nSPS) is 10.8. The van der Waals surface area contributed by atoms with Crippen LogP contribution in [0.1, 0.15) is 15.9 Å². The number of amides is 1. The third-order valence-electron chi connectivity index (χ3n) is 4.36. The molecule has 1 amide bonds. The molecule has 0 radical (unpaired) electrons. The molecule has 0 aliphatic rings. The Labute approximate surface area is 181 Å². The monoisotopic (exact) mass is 437 g/mol. The Morgan fingerprint density at radius 1 is 1.03 bits per heavy atom. The predicted octanol–water partition coefficient (Wildman–Crippen LogP) is 5.70. The number of halogens is 1. The van der Waals surface area contributed by atoms with Crippen LogP contribution < -0.4 is 10.9 Å². The van der Waals surface area contributed by atoms with Crippen LogP contribution in [0.25, 0.3) is 11.0 Å². The van der Waals surface area contributed by atoms with Crippen LogP contribution in [0.15, 0.2) is 86.9 Å². The quantitative estimate of drug-likeness (QED) is 0.309. The van der Waals surface area contributed by atoms with E-state index in [1.54, 1.807) is 48.5 Å². The van der Waals surface area contributed by atoms with Gasteiger partial charge in [0.1, 0.15) is 11.3 Å². The number of nitrogens with one attached hydrogen (secondary N) is 1. The number of phenols is 1. The van der Waals surface area contributed by atoms with E-state index in [9.17, 15) is 14.7 Å². The minimum absolute atomic E-state index is 0.0458. The Morgan fingerprint density at radius 2 is 1.87 bits per heavy atom. The number of aromatic hydroxyl groups is 1. The fourth-order valence-corrected chi connectivity index (χ4v) is 4.00. The van der Waals surface area contributed by atoms with E-state index in [0.717, 1.165) is 10.3 Å². The summed E-state index contributed by atoms with van der Waals surface area (Å²) in [6, 6.07) is 20.5. The van der Waals surface area contributed by atoms with Crippen LogP contribution in [0.3, 0.4) is 0 Å². The van der Waals surface area contributed by atoms with Gasteiger partial charge in [-0.1, -0.05) is 23.7 Å². The molecule has 0 aliphatic heterocycles. The number of carbonyl (C=O) groups excluding carboxylic acids is 1. The topological polar surface area (TPSA) is 79.5 Å². The highest BCUT2D eigenvalue weighted by atomic mass is 35.5. The minimum Gasteiger partial charge on any atom is -0.508 e. The molecule has 0 bridgehead atoms. The molecular weight excluding hydrogens is 422 g/mol. The molecule has 7 heteroatoms. The van der Waals surface area contributed by atoms with E-state index in [0.29, 0.717) is 33.2 Å². The fourth-order valence-electron chi connectivity index (χ4n) is 2.90. The van der Waals surface area contributed by atoms with Gasteiger partial charge in [0.2, 0.25) is 0 Å². The van der Waals surface area contributed by atoms with Gasteiger partial charge < -0.3 is 14.8 Å². The average molecular weight is 438 g/mol. The standard InChI is InChI=1S/C23H16ClNO4S/c24-17-4-1-3-15(10-17)22(27)25-18-5-2-6-20(11-18)30-13-16-9-14-7-8-19(26)12-21(14)29-23(16)28/h1-12,26H,13H2,(H,25,27). The molecule has 150 valence electrons. The molecule has 0 atom stereocenters. The van der Waals surface area contributed by atoms with Gasteiger partial charge in [0, 0.05) is 43.9 Å². The van der Waals surface area contributed by atoms with Crippen LogP contribution in [0.2, 0.25) is 5.02 Å². The summed E-state index contributed by atoms with van der Waals surface area (Å²) in [4.78, 5) is 25.5. The molecular formula is C23H16ClNO4S. The predicted molar refractivity (Wildman–Crippen MR) is 120 cm³/mol. The number of fused-ring (bicyclic) bond motifs is 1. The van der Waals surface area contributed by atoms with Crippen LogP contribution in [0, 0.1) is 0 Å².